The average Bonchev–Trinajstić information content (AvgIpc) is 2.38. The number of hydrogen-bond acceptors (Lipinski definition) is 3. The molecule has 0 radical (unpaired) electrons. The first-order valence-corrected chi connectivity index (χ1v) is 8.38. The zero-order chi connectivity index (χ0) is 15.6. The number of sulfonamides is 1. The van der Waals surface area contributed by atoms with E-state index in [9.17, 15) is 12.8 Å². The molecule has 4 nitrogen and oxygen atoms in total. The third kappa shape index (κ3) is 3.66. The van der Waals surface area contributed by atoms with Crippen LogP contribution >= 0.6 is 15.9 Å². The van der Waals surface area contributed by atoms with E-state index in [-0.39, 0.29) is 15.9 Å². The van der Waals surface area contributed by atoms with Crippen LogP contribution in [0.1, 0.15) is 11.4 Å². The maximum absolute atomic E-state index is 13.1. The highest BCUT2D eigenvalue weighted by Crippen LogP contribution is 2.25. The molecule has 0 fully saturated rings. The standard InChI is InChI=1S/C14H14BrFN2O2S/c1-10-4-3-5-12(17-10)9-18(2)21(19,20)14-7-6-11(16)8-13(14)15/h3-8H,9H2,1-2H3. The molecule has 0 aliphatic rings. The summed E-state index contributed by atoms with van der Waals surface area (Å²) in [7, 11) is -2.25. The Morgan fingerprint density at radius 1 is 1.29 bits per heavy atom. The molecule has 0 aliphatic heterocycles. The van der Waals surface area contributed by atoms with Crippen LogP contribution in [0.25, 0.3) is 0 Å². The molecule has 0 saturated carbocycles. The van der Waals surface area contributed by atoms with E-state index in [0.717, 1.165) is 17.8 Å². The highest BCUT2D eigenvalue weighted by Gasteiger charge is 2.24. The molecule has 21 heavy (non-hydrogen) atoms. The van der Waals surface area contributed by atoms with Gasteiger partial charge in [0.1, 0.15) is 5.82 Å². The van der Waals surface area contributed by atoms with E-state index in [1.165, 1.54) is 17.4 Å². The van der Waals surface area contributed by atoms with Crippen LogP contribution in [0.3, 0.4) is 0 Å². The van der Waals surface area contributed by atoms with Gasteiger partial charge >= 0.3 is 0 Å². The second kappa shape index (κ2) is 6.21. The van der Waals surface area contributed by atoms with Gasteiger partial charge in [0.25, 0.3) is 0 Å². The van der Waals surface area contributed by atoms with Gasteiger partial charge in [-0.2, -0.15) is 4.31 Å². The number of benzene rings is 1. The second-order valence-electron chi connectivity index (χ2n) is 4.61. The number of rotatable bonds is 4. The molecule has 0 atom stereocenters. The summed E-state index contributed by atoms with van der Waals surface area (Å²) < 4.78 is 39.5. The van der Waals surface area contributed by atoms with Crippen LogP contribution < -0.4 is 0 Å². The van der Waals surface area contributed by atoms with Crippen molar-refractivity contribution in [3.8, 4) is 0 Å². The Morgan fingerprint density at radius 2 is 2.00 bits per heavy atom. The summed E-state index contributed by atoms with van der Waals surface area (Å²) >= 11 is 3.09. The molecule has 7 heteroatoms. The monoisotopic (exact) mass is 372 g/mol. The second-order valence-corrected chi connectivity index (χ2v) is 7.47. The van der Waals surface area contributed by atoms with E-state index < -0.39 is 15.8 Å². The lowest BCUT2D eigenvalue weighted by Gasteiger charge is -2.18. The number of hydrogen-bond donors (Lipinski definition) is 0. The molecule has 0 bridgehead atoms. The molecule has 1 aromatic heterocycles. The minimum atomic E-state index is -3.72. The average molecular weight is 373 g/mol. The Labute approximate surface area is 131 Å². The fourth-order valence-corrected chi connectivity index (χ4v) is 4.00. The number of aryl methyl sites for hydroxylation is 1. The molecule has 0 aliphatic carbocycles. The first-order valence-electron chi connectivity index (χ1n) is 6.14. The molecule has 0 spiro atoms. The summed E-state index contributed by atoms with van der Waals surface area (Å²) in [6.45, 7) is 1.99. The van der Waals surface area contributed by atoms with Crippen molar-refractivity contribution in [3.05, 3.63) is 58.1 Å². The van der Waals surface area contributed by atoms with E-state index in [1.54, 1.807) is 6.07 Å². The number of halogens is 2. The third-order valence-corrected chi connectivity index (χ3v) is 5.69. The van der Waals surface area contributed by atoms with Gasteiger partial charge < -0.3 is 0 Å². The first kappa shape index (κ1) is 16.1. The fraction of sp³-hybridized carbons (Fsp3) is 0.214. The van der Waals surface area contributed by atoms with Crippen molar-refractivity contribution in [2.24, 2.45) is 0 Å². The van der Waals surface area contributed by atoms with Crippen molar-refractivity contribution in [1.82, 2.24) is 9.29 Å². The van der Waals surface area contributed by atoms with Crippen molar-refractivity contribution >= 4 is 26.0 Å². The van der Waals surface area contributed by atoms with Crippen LogP contribution in [0, 0.1) is 12.7 Å². The first-order chi connectivity index (χ1) is 9.80. The van der Waals surface area contributed by atoms with Crippen LogP contribution in [0.2, 0.25) is 0 Å². The van der Waals surface area contributed by atoms with E-state index in [4.69, 9.17) is 0 Å². The van der Waals surface area contributed by atoms with E-state index in [2.05, 4.69) is 20.9 Å². The van der Waals surface area contributed by atoms with Crippen molar-refractivity contribution in [3.63, 3.8) is 0 Å². The van der Waals surface area contributed by atoms with Gasteiger partial charge in [-0.05, 0) is 53.2 Å². The summed E-state index contributed by atoms with van der Waals surface area (Å²) in [5.41, 5.74) is 1.47. The number of pyridine rings is 1. The van der Waals surface area contributed by atoms with E-state index in [1.807, 2.05) is 19.1 Å². The van der Waals surface area contributed by atoms with Crippen LogP contribution in [-0.2, 0) is 16.6 Å². The number of aromatic nitrogens is 1. The third-order valence-electron chi connectivity index (χ3n) is 2.91. The van der Waals surface area contributed by atoms with Crippen molar-refractivity contribution in [2.45, 2.75) is 18.4 Å². The van der Waals surface area contributed by atoms with Crippen molar-refractivity contribution in [1.29, 1.82) is 0 Å². The lowest BCUT2D eigenvalue weighted by molar-refractivity contribution is 0.461. The normalized spacial score (nSPS) is 11.9. The Kier molecular flexibility index (Phi) is 4.75. The lowest BCUT2D eigenvalue weighted by atomic mass is 10.3. The molecule has 0 unspecified atom stereocenters. The Hall–Kier alpha value is -1.31. The van der Waals surface area contributed by atoms with E-state index in [0.29, 0.717) is 5.69 Å². The van der Waals surface area contributed by atoms with Crippen LogP contribution in [0.15, 0.2) is 45.8 Å². The predicted molar refractivity (Wildman–Crippen MR) is 81.7 cm³/mol. The maximum Gasteiger partial charge on any atom is 0.244 e. The van der Waals surface area contributed by atoms with Crippen LogP contribution in [0.5, 0.6) is 0 Å². The minimum absolute atomic E-state index is 0.0269. The summed E-state index contributed by atoms with van der Waals surface area (Å²) in [6.07, 6.45) is 0. The number of nitrogens with zero attached hydrogens (tertiary/aromatic N) is 2. The largest absolute Gasteiger partial charge is 0.257 e. The highest BCUT2D eigenvalue weighted by atomic mass is 79.9. The van der Waals surface area contributed by atoms with Crippen LogP contribution in [0.4, 0.5) is 4.39 Å². The lowest BCUT2D eigenvalue weighted by Crippen LogP contribution is -2.27. The van der Waals surface area contributed by atoms with Gasteiger partial charge in [-0.15, -0.1) is 0 Å². The van der Waals surface area contributed by atoms with Gasteiger partial charge in [0, 0.05) is 17.2 Å². The van der Waals surface area contributed by atoms with Gasteiger partial charge in [0.2, 0.25) is 10.0 Å². The van der Waals surface area contributed by atoms with Crippen LogP contribution in [-0.4, -0.2) is 24.8 Å². The topological polar surface area (TPSA) is 50.3 Å². The quantitative estimate of drug-likeness (QED) is 0.828. The maximum atomic E-state index is 13.1. The van der Waals surface area contributed by atoms with E-state index >= 15 is 0 Å². The fourth-order valence-electron chi connectivity index (χ4n) is 1.85. The van der Waals surface area contributed by atoms with Gasteiger partial charge in [-0.25, -0.2) is 12.8 Å². The molecule has 2 aromatic rings. The highest BCUT2D eigenvalue weighted by molar-refractivity contribution is 9.10. The molecule has 0 amide bonds. The van der Waals surface area contributed by atoms with Crippen molar-refractivity contribution < 1.29 is 12.8 Å². The Morgan fingerprint density at radius 3 is 2.62 bits per heavy atom. The SMILES string of the molecule is Cc1cccc(CN(C)S(=O)(=O)c2ccc(F)cc2Br)n1. The molecule has 1 aromatic carbocycles. The molecule has 112 valence electrons. The Bertz CT molecular complexity index is 765. The zero-order valence-electron chi connectivity index (χ0n) is 11.5. The van der Waals surface area contributed by atoms with Gasteiger partial charge in [0.05, 0.1) is 17.1 Å². The smallest absolute Gasteiger partial charge is 0.244 e. The predicted octanol–water partition coefficient (Wildman–Crippen LogP) is 3.11. The van der Waals surface area contributed by atoms with Gasteiger partial charge in [-0.1, -0.05) is 6.07 Å². The molecule has 0 N–H and O–H groups in total. The minimum Gasteiger partial charge on any atom is -0.257 e. The molecular weight excluding hydrogens is 359 g/mol. The Balaban J connectivity index is 2.30. The molecular formula is C14H14BrFN2O2S. The summed E-state index contributed by atoms with van der Waals surface area (Å²) in [4.78, 5) is 4.31. The molecule has 1 heterocycles. The summed E-state index contributed by atoms with van der Waals surface area (Å²) in [5.74, 6) is -0.496. The molecule has 2 rings (SSSR count). The van der Waals surface area contributed by atoms with Gasteiger partial charge in [-0.3, -0.25) is 4.98 Å². The summed E-state index contributed by atoms with van der Waals surface area (Å²) in [6, 6.07) is 8.93. The molecule has 0 saturated heterocycles. The zero-order valence-corrected chi connectivity index (χ0v) is 13.9. The van der Waals surface area contributed by atoms with Crippen molar-refractivity contribution in [2.75, 3.05) is 7.05 Å². The summed E-state index contributed by atoms with van der Waals surface area (Å²) in [5, 5.41) is 0. The van der Waals surface area contributed by atoms with Gasteiger partial charge in [0.15, 0.2) is 0 Å².